The molecule has 4 nitrogen and oxygen atoms in total. The van der Waals surface area contributed by atoms with Crippen LogP contribution in [-0.4, -0.2) is 30.8 Å². The van der Waals surface area contributed by atoms with Crippen LogP contribution in [0.2, 0.25) is 0 Å². The highest BCUT2D eigenvalue weighted by Crippen LogP contribution is 2.30. The summed E-state index contributed by atoms with van der Waals surface area (Å²) < 4.78 is 27.7. The van der Waals surface area contributed by atoms with Gasteiger partial charge in [-0.3, -0.25) is 4.98 Å². The number of hydrogen-bond acceptors (Lipinski definition) is 3. The highest BCUT2D eigenvalue weighted by Gasteiger charge is 2.36. The van der Waals surface area contributed by atoms with Gasteiger partial charge in [0.1, 0.15) is 0 Å². The molecular weight excluding hydrogens is 332 g/mol. The van der Waals surface area contributed by atoms with Crippen LogP contribution in [-0.2, 0) is 22.9 Å². The van der Waals surface area contributed by atoms with E-state index in [0.29, 0.717) is 11.3 Å². The molecule has 2 rings (SSSR count). The van der Waals surface area contributed by atoms with Gasteiger partial charge < -0.3 is 0 Å². The largest absolute Gasteiger partial charge is 0.261 e. The number of aromatic nitrogens is 1. The summed E-state index contributed by atoms with van der Waals surface area (Å²) in [5.74, 6) is 0. The lowest BCUT2D eigenvalue weighted by atomic mass is 9.84. The van der Waals surface area contributed by atoms with Gasteiger partial charge >= 0.3 is 0 Å². The normalized spacial score (nSPS) is 13.8. The number of aryl methyl sites for hydroxylation is 1. The van der Waals surface area contributed by atoms with Crippen molar-refractivity contribution in [3.63, 3.8) is 0 Å². The monoisotopic (exact) mass is 360 g/mol. The molecule has 1 atom stereocenters. The number of rotatable bonds is 6. The van der Waals surface area contributed by atoms with Crippen molar-refractivity contribution in [3.8, 4) is 0 Å². The lowest BCUT2D eigenvalue weighted by molar-refractivity contribution is 0.196. The van der Waals surface area contributed by atoms with Crippen molar-refractivity contribution in [3.05, 3.63) is 59.9 Å². The van der Waals surface area contributed by atoms with E-state index in [2.05, 4.69) is 32.7 Å². The number of benzene rings is 1. The van der Waals surface area contributed by atoms with Gasteiger partial charge in [0.2, 0.25) is 10.0 Å². The van der Waals surface area contributed by atoms with Crippen molar-refractivity contribution in [1.82, 2.24) is 9.29 Å². The second kappa shape index (κ2) is 7.67. The number of sulfonamides is 1. The Hall–Kier alpha value is -1.72. The molecule has 0 fully saturated rings. The molecule has 0 unspecified atom stereocenters. The Bertz CT molecular complexity index is 779. The number of nitrogens with zero attached hydrogens (tertiary/aromatic N) is 2. The molecule has 0 aliphatic carbocycles. The lowest BCUT2D eigenvalue weighted by Crippen LogP contribution is -2.46. The van der Waals surface area contributed by atoms with Crippen LogP contribution >= 0.6 is 0 Å². The molecular formula is C20H28N2O2S. The summed E-state index contributed by atoms with van der Waals surface area (Å²) in [5.41, 5.74) is 1.80. The number of likely N-dealkylation sites (N-methyl/N-ethyl adjacent to an activating group) is 1. The van der Waals surface area contributed by atoms with Crippen LogP contribution in [0.1, 0.15) is 39.0 Å². The van der Waals surface area contributed by atoms with E-state index in [4.69, 9.17) is 0 Å². The van der Waals surface area contributed by atoms with Crippen LogP contribution in [0.25, 0.3) is 0 Å². The Morgan fingerprint density at radius 1 is 1.08 bits per heavy atom. The lowest BCUT2D eigenvalue weighted by Gasteiger charge is -2.37. The zero-order chi connectivity index (χ0) is 18.7. The van der Waals surface area contributed by atoms with E-state index >= 15 is 0 Å². The second-order valence-electron chi connectivity index (χ2n) is 7.43. The third kappa shape index (κ3) is 4.67. The Morgan fingerprint density at radius 2 is 1.72 bits per heavy atom. The molecule has 0 radical (unpaired) electrons. The molecule has 0 saturated carbocycles. The quantitative estimate of drug-likeness (QED) is 0.784. The third-order valence-corrected chi connectivity index (χ3v) is 6.46. The van der Waals surface area contributed by atoms with Crippen molar-refractivity contribution >= 4 is 10.0 Å². The maximum absolute atomic E-state index is 13.1. The summed E-state index contributed by atoms with van der Waals surface area (Å²) in [7, 11) is -1.89. The molecule has 0 saturated heterocycles. The van der Waals surface area contributed by atoms with Gasteiger partial charge in [0.25, 0.3) is 0 Å². The number of pyridine rings is 1. The van der Waals surface area contributed by atoms with Gasteiger partial charge in [0, 0.05) is 31.4 Å². The molecule has 1 aromatic carbocycles. The standard InChI is InChI=1S/C20H28N2O2S/c1-6-16-10-12-18(13-11-16)25(23,24)22(5)19(20(2,3)4)15-17-9-7-8-14-21-17/h7-14,19H,6,15H2,1-5H3/t19-/m0/s1. The van der Waals surface area contributed by atoms with Crippen molar-refractivity contribution in [2.75, 3.05) is 7.05 Å². The minimum atomic E-state index is -3.56. The zero-order valence-electron chi connectivity index (χ0n) is 15.7. The topological polar surface area (TPSA) is 50.3 Å². The van der Waals surface area contributed by atoms with E-state index in [1.165, 1.54) is 4.31 Å². The van der Waals surface area contributed by atoms with Gasteiger partial charge in [-0.15, -0.1) is 0 Å². The third-order valence-electron chi connectivity index (χ3n) is 4.58. The molecule has 0 N–H and O–H groups in total. The molecule has 0 aliphatic rings. The summed E-state index contributed by atoms with van der Waals surface area (Å²) >= 11 is 0. The Labute approximate surface area is 152 Å². The highest BCUT2D eigenvalue weighted by atomic mass is 32.2. The Balaban J connectivity index is 2.35. The average Bonchev–Trinajstić information content (AvgIpc) is 2.59. The molecule has 2 aromatic rings. The fourth-order valence-electron chi connectivity index (χ4n) is 2.93. The summed E-state index contributed by atoms with van der Waals surface area (Å²) in [4.78, 5) is 4.71. The van der Waals surface area contributed by atoms with Gasteiger partial charge in [0.05, 0.1) is 4.90 Å². The van der Waals surface area contributed by atoms with Crippen molar-refractivity contribution in [2.24, 2.45) is 5.41 Å². The minimum absolute atomic E-state index is 0.196. The molecule has 0 bridgehead atoms. The van der Waals surface area contributed by atoms with E-state index in [1.807, 2.05) is 30.3 Å². The fraction of sp³-hybridized carbons (Fsp3) is 0.450. The molecule has 0 aliphatic heterocycles. The smallest absolute Gasteiger partial charge is 0.243 e. The fourth-order valence-corrected chi connectivity index (χ4v) is 4.47. The van der Waals surface area contributed by atoms with Crippen LogP contribution in [0.5, 0.6) is 0 Å². The first-order chi connectivity index (χ1) is 11.7. The molecule has 1 heterocycles. The van der Waals surface area contributed by atoms with E-state index in [0.717, 1.165) is 17.7 Å². The first kappa shape index (κ1) is 19.6. The number of hydrogen-bond donors (Lipinski definition) is 0. The summed E-state index contributed by atoms with van der Waals surface area (Å²) in [6.07, 6.45) is 3.21. The van der Waals surface area contributed by atoms with Crippen LogP contribution < -0.4 is 0 Å². The Morgan fingerprint density at radius 3 is 2.20 bits per heavy atom. The van der Waals surface area contributed by atoms with E-state index in [9.17, 15) is 8.42 Å². The maximum atomic E-state index is 13.1. The van der Waals surface area contributed by atoms with Crippen molar-refractivity contribution in [1.29, 1.82) is 0 Å². The second-order valence-corrected chi connectivity index (χ2v) is 9.42. The van der Waals surface area contributed by atoms with Crippen LogP contribution in [0.4, 0.5) is 0 Å². The van der Waals surface area contributed by atoms with E-state index in [-0.39, 0.29) is 11.5 Å². The van der Waals surface area contributed by atoms with Gasteiger partial charge in [-0.2, -0.15) is 4.31 Å². The highest BCUT2D eigenvalue weighted by molar-refractivity contribution is 7.89. The molecule has 1 aromatic heterocycles. The molecule has 0 amide bonds. The summed E-state index contributed by atoms with van der Waals surface area (Å²) in [6, 6.07) is 12.7. The van der Waals surface area contributed by atoms with Crippen molar-refractivity contribution in [2.45, 2.75) is 51.5 Å². The first-order valence-corrected chi connectivity index (χ1v) is 10.1. The molecule has 0 spiro atoms. The molecule has 136 valence electrons. The van der Waals surface area contributed by atoms with Crippen LogP contribution in [0.3, 0.4) is 0 Å². The minimum Gasteiger partial charge on any atom is -0.261 e. The van der Waals surface area contributed by atoms with Crippen LogP contribution in [0.15, 0.2) is 53.6 Å². The molecule has 25 heavy (non-hydrogen) atoms. The average molecular weight is 361 g/mol. The SMILES string of the molecule is CCc1ccc(S(=O)(=O)N(C)[C@@H](Cc2ccccn2)C(C)(C)C)cc1. The van der Waals surface area contributed by atoms with Crippen molar-refractivity contribution < 1.29 is 8.42 Å². The maximum Gasteiger partial charge on any atom is 0.243 e. The predicted octanol–water partition coefficient (Wildman–Crippen LogP) is 3.92. The van der Waals surface area contributed by atoms with Gasteiger partial charge in [-0.05, 0) is 41.7 Å². The van der Waals surface area contributed by atoms with E-state index < -0.39 is 10.0 Å². The van der Waals surface area contributed by atoms with Gasteiger partial charge in [-0.25, -0.2) is 8.42 Å². The summed E-state index contributed by atoms with van der Waals surface area (Å²) in [6.45, 7) is 8.24. The van der Waals surface area contributed by atoms with Crippen LogP contribution in [0, 0.1) is 5.41 Å². The summed E-state index contributed by atoms with van der Waals surface area (Å²) in [5, 5.41) is 0. The predicted molar refractivity (Wildman–Crippen MR) is 102 cm³/mol. The molecule has 5 heteroatoms. The van der Waals surface area contributed by atoms with Gasteiger partial charge in [0.15, 0.2) is 0 Å². The Kier molecular flexibility index (Phi) is 6.01. The van der Waals surface area contributed by atoms with Gasteiger partial charge in [-0.1, -0.05) is 45.9 Å². The zero-order valence-corrected chi connectivity index (χ0v) is 16.5. The first-order valence-electron chi connectivity index (χ1n) is 8.63. The van der Waals surface area contributed by atoms with E-state index in [1.54, 1.807) is 25.4 Å².